The average molecular weight is 397 g/mol. The molecule has 3 aromatic carbocycles. The maximum atomic E-state index is 12.9. The minimum Gasteiger partial charge on any atom is -0.371 e. The molecule has 0 saturated carbocycles. The van der Waals surface area contributed by atoms with E-state index in [0.29, 0.717) is 5.56 Å². The predicted octanol–water partition coefficient (Wildman–Crippen LogP) is 5.70. The van der Waals surface area contributed by atoms with Gasteiger partial charge in [0.2, 0.25) is 0 Å². The van der Waals surface area contributed by atoms with Crippen LogP contribution in [0.15, 0.2) is 84.9 Å². The predicted molar refractivity (Wildman–Crippen MR) is 106 cm³/mol. The largest absolute Gasteiger partial charge is 0.416 e. The van der Waals surface area contributed by atoms with Crippen molar-refractivity contribution < 1.29 is 17.9 Å². The van der Waals surface area contributed by atoms with Gasteiger partial charge in [-0.2, -0.15) is 13.2 Å². The lowest BCUT2D eigenvalue weighted by atomic mass is 9.94. The summed E-state index contributed by atoms with van der Waals surface area (Å²) in [4.78, 5) is 2.33. The molecule has 1 fully saturated rings. The molecule has 5 heteroatoms. The molecule has 0 radical (unpaired) electrons. The standard InChI is InChI=1S/C24H22F3NO/c25-24(26,27)21-13-7-8-18(14-21)17-29-22-15-28(16-22)23(19-9-3-1-4-10-19)20-11-5-2-6-12-20/h1-14,22-23H,15-17H2. The summed E-state index contributed by atoms with van der Waals surface area (Å²) in [5, 5.41) is 0. The molecular formula is C24H22F3NO. The van der Waals surface area contributed by atoms with E-state index in [1.165, 1.54) is 17.2 Å². The Kier molecular flexibility index (Phi) is 5.69. The number of halogens is 3. The summed E-state index contributed by atoms with van der Waals surface area (Å²) < 4.78 is 44.5. The Labute approximate surface area is 168 Å². The highest BCUT2D eigenvalue weighted by Gasteiger charge is 2.35. The van der Waals surface area contributed by atoms with E-state index in [-0.39, 0.29) is 18.8 Å². The Hall–Kier alpha value is -2.63. The quantitative estimate of drug-likeness (QED) is 0.529. The van der Waals surface area contributed by atoms with E-state index < -0.39 is 11.7 Å². The van der Waals surface area contributed by atoms with Crippen LogP contribution in [-0.4, -0.2) is 24.1 Å². The van der Waals surface area contributed by atoms with E-state index >= 15 is 0 Å². The number of ether oxygens (including phenoxy) is 1. The molecule has 0 atom stereocenters. The fourth-order valence-electron chi connectivity index (χ4n) is 3.72. The minimum atomic E-state index is -4.33. The topological polar surface area (TPSA) is 12.5 Å². The SMILES string of the molecule is FC(F)(F)c1cccc(COC2CN(C(c3ccccc3)c3ccccc3)C2)c1. The van der Waals surface area contributed by atoms with Crippen molar-refractivity contribution in [2.75, 3.05) is 13.1 Å². The van der Waals surface area contributed by atoms with Crippen molar-refractivity contribution in [2.45, 2.75) is 24.9 Å². The lowest BCUT2D eigenvalue weighted by molar-refractivity contribution is -0.137. The number of hydrogen-bond acceptors (Lipinski definition) is 2. The third kappa shape index (κ3) is 4.69. The highest BCUT2D eigenvalue weighted by atomic mass is 19.4. The van der Waals surface area contributed by atoms with Gasteiger partial charge in [0.1, 0.15) is 0 Å². The minimum absolute atomic E-state index is 0.0134. The van der Waals surface area contributed by atoms with Gasteiger partial charge in [-0.3, -0.25) is 4.90 Å². The van der Waals surface area contributed by atoms with Gasteiger partial charge >= 0.3 is 6.18 Å². The number of hydrogen-bond donors (Lipinski definition) is 0. The lowest BCUT2D eigenvalue weighted by Gasteiger charge is -2.44. The average Bonchev–Trinajstić information content (AvgIpc) is 2.70. The Balaban J connectivity index is 1.39. The molecule has 3 aromatic rings. The van der Waals surface area contributed by atoms with Crippen LogP contribution in [-0.2, 0) is 17.5 Å². The number of alkyl halides is 3. The van der Waals surface area contributed by atoms with E-state index in [1.54, 1.807) is 6.07 Å². The van der Waals surface area contributed by atoms with Gasteiger partial charge in [-0.25, -0.2) is 0 Å². The first-order chi connectivity index (χ1) is 14.0. The molecule has 0 N–H and O–H groups in total. The molecule has 2 nitrogen and oxygen atoms in total. The zero-order chi connectivity index (χ0) is 20.3. The zero-order valence-corrected chi connectivity index (χ0v) is 15.8. The van der Waals surface area contributed by atoms with Crippen LogP contribution in [0.1, 0.15) is 28.3 Å². The van der Waals surface area contributed by atoms with Crippen molar-refractivity contribution >= 4 is 0 Å². The Bertz CT molecular complexity index is 882. The smallest absolute Gasteiger partial charge is 0.371 e. The second-order valence-corrected chi connectivity index (χ2v) is 7.31. The number of likely N-dealkylation sites (tertiary alicyclic amines) is 1. The summed E-state index contributed by atoms with van der Waals surface area (Å²) in [6.07, 6.45) is -4.32. The number of benzene rings is 3. The monoisotopic (exact) mass is 397 g/mol. The molecular weight excluding hydrogens is 375 g/mol. The van der Waals surface area contributed by atoms with Crippen LogP contribution < -0.4 is 0 Å². The Morgan fingerprint density at radius 1 is 0.828 bits per heavy atom. The number of rotatable bonds is 6. The van der Waals surface area contributed by atoms with Crippen molar-refractivity contribution in [2.24, 2.45) is 0 Å². The van der Waals surface area contributed by atoms with Crippen molar-refractivity contribution in [3.63, 3.8) is 0 Å². The van der Waals surface area contributed by atoms with Crippen LogP contribution in [0.25, 0.3) is 0 Å². The van der Waals surface area contributed by atoms with Crippen LogP contribution in [0, 0.1) is 0 Å². The third-order valence-electron chi connectivity index (χ3n) is 5.21. The van der Waals surface area contributed by atoms with E-state index in [9.17, 15) is 13.2 Å². The molecule has 0 bridgehead atoms. The van der Waals surface area contributed by atoms with Crippen molar-refractivity contribution in [1.29, 1.82) is 0 Å². The second-order valence-electron chi connectivity index (χ2n) is 7.31. The normalized spacial score (nSPS) is 15.4. The summed E-state index contributed by atoms with van der Waals surface area (Å²) in [6, 6.07) is 26.1. The Morgan fingerprint density at radius 2 is 1.41 bits per heavy atom. The molecule has 0 aliphatic carbocycles. The van der Waals surface area contributed by atoms with Crippen molar-refractivity contribution in [1.82, 2.24) is 4.90 Å². The first-order valence-electron chi connectivity index (χ1n) is 9.62. The number of nitrogens with zero attached hydrogens (tertiary/aromatic N) is 1. The van der Waals surface area contributed by atoms with Gasteiger partial charge in [0.05, 0.1) is 24.3 Å². The van der Waals surface area contributed by atoms with Crippen LogP contribution in [0.2, 0.25) is 0 Å². The zero-order valence-electron chi connectivity index (χ0n) is 15.8. The maximum absolute atomic E-state index is 12.9. The van der Waals surface area contributed by atoms with Gasteiger partial charge in [0.25, 0.3) is 0 Å². The van der Waals surface area contributed by atoms with Gasteiger partial charge in [-0.15, -0.1) is 0 Å². The van der Waals surface area contributed by atoms with Crippen molar-refractivity contribution in [3.05, 3.63) is 107 Å². The molecule has 150 valence electrons. The van der Waals surface area contributed by atoms with Crippen LogP contribution >= 0.6 is 0 Å². The Morgan fingerprint density at radius 3 is 1.97 bits per heavy atom. The van der Waals surface area contributed by atoms with Crippen LogP contribution in [0.3, 0.4) is 0 Å². The van der Waals surface area contributed by atoms with Gasteiger partial charge in [-0.1, -0.05) is 72.8 Å². The summed E-state index contributed by atoms with van der Waals surface area (Å²) in [6.45, 7) is 1.67. The molecule has 1 aliphatic heterocycles. The van der Waals surface area contributed by atoms with E-state index in [1.807, 2.05) is 36.4 Å². The third-order valence-corrected chi connectivity index (χ3v) is 5.21. The molecule has 1 heterocycles. The van der Waals surface area contributed by atoms with Crippen LogP contribution in [0.4, 0.5) is 13.2 Å². The first-order valence-corrected chi connectivity index (χ1v) is 9.62. The van der Waals surface area contributed by atoms with Gasteiger partial charge in [0.15, 0.2) is 0 Å². The molecule has 29 heavy (non-hydrogen) atoms. The highest BCUT2D eigenvalue weighted by molar-refractivity contribution is 5.32. The van der Waals surface area contributed by atoms with Gasteiger partial charge in [0, 0.05) is 13.1 Å². The summed E-state index contributed by atoms with van der Waals surface area (Å²) in [5.41, 5.74) is 2.34. The van der Waals surface area contributed by atoms with E-state index in [0.717, 1.165) is 25.2 Å². The summed E-state index contributed by atoms with van der Waals surface area (Å²) in [7, 11) is 0. The first kappa shape index (κ1) is 19.7. The fourth-order valence-corrected chi connectivity index (χ4v) is 3.72. The van der Waals surface area contributed by atoms with Gasteiger partial charge < -0.3 is 4.74 Å². The van der Waals surface area contributed by atoms with Crippen molar-refractivity contribution in [3.8, 4) is 0 Å². The van der Waals surface area contributed by atoms with E-state index in [4.69, 9.17) is 4.74 Å². The summed E-state index contributed by atoms with van der Waals surface area (Å²) >= 11 is 0. The molecule has 4 rings (SSSR count). The molecule has 0 spiro atoms. The molecule has 0 unspecified atom stereocenters. The molecule has 0 amide bonds. The second kappa shape index (κ2) is 8.39. The summed E-state index contributed by atoms with van der Waals surface area (Å²) in [5.74, 6) is 0. The molecule has 1 aliphatic rings. The van der Waals surface area contributed by atoms with E-state index in [2.05, 4.69) is 29.2 Å². The van der Waals surface area contributed by atoms with Gasteiger partial charge in [-0.05, 0) is 28.8 Å². The highest BCUT2D eigenvalue weighted by Crippen LogP contribution is 2.33. The maximum Gasteiger partial charge on any atom is 0.416 e. The fraction of sp³-hybridized carbons (Fsp3) is 0.250. The molecule has 1 saturated heterocycles. The van der Waals surface area contributed by atoms with Crippen LogP contribution in [0.5, 0.6) is 0 Å². The molecule has 0 aromatic heterocycles. The lowest BCUT2D eigenvalue weighted by Crippen LogP contribution is -2.53.